The van der Waals surface area contributed by atoms with Crippen molar-refractivity contribution in [3.8, 4) is 0 Å². The summed E-state index contributed by atoms with van der Waals surface area (Å²) in [5.74, 6) is -0.386. The lowest BCUT2D eigenvalue weighted by Gasteiger charge is -2.09. The van der Waals surface area contributed by atoms with E-state index in [-0.39, 0.29) is 27.2 Å². The van der Waals surface area contributed by atoms with Crippen LogP contribution >= 0.6 is 34.8 Å². The van der Waals surface area contributed by atoms with E-state index in [0.29, 0.717) is 5.02 Å². The van der Waals surface area contributed by atoms with Crippen molar-refractivity contribution in [2.24, 2.45) is 0 Å². The van der Waals surface area contributed by atoms with Crippen molar-refractivity contribution < 1.29 is 4.79 Å². The Kier molecular flexibility index (Phi) is 4.09. The Balaban J connectivity index is 2.31. The first kappa shape index (κ1) is 13.9. The summed E-state index contributed by atoms with van der Waals surface area (Å²) in [5.41, 5.74) is 6.12. The molecule has 0 saturated carbocycles. The van der Waals surface area contributed by atoms with Crippen LogP contribution in [0.4, 0.5) is 11.5 Å². The van der Waals surface area contributed by atoms with Gasteiger partial charge in [-0.2, -0.15) is 0 Å². The minimum absolute atomic E-state index is 0.0473. The molecule has 0 spiro atoms. The van der Waals surface area contributed by atoms with Crippen LogP contribution in [0.25, 0.3) is 0 Å². The van der Waals surface area contributed by atoms with E-state index >= 15 is 0 Å². The second-order valence-electron chi connectivity index (χ2n) is 3.48. The maximum absolute atomic E-state index is 12.0. The molecule has 1 aromatic heterocycles. The highest BCUT2D eigenvalue weighted by atomic mass is 35.5. The Morgan fingerprint density at radius 3 is 2.68 bits per heavy atom. The molecule has 1 heterocycles. The standard InChI is InChI=1S/C11H7Cl3N4O/c12-6-3-1-2-5(8(6)15)11(19)18-10-7(13)9(14)16-4-17-10/h1-4H,15H2,(H,16,17,18,19). The van der Waals surface area contributed by atoms with E-state index in [2.05, 4.69) is 15.3 Å². The van der Waals surface area contributed by atoms with Gasteiger partial charge >= 0.3 is 0 Å². The number of hydrogen-bond acceptors (Lipinski definition) is 4. The number of benzene rings is 1. The van der Waals surface area contributed by atoms with Crippen molar-refractivity contribution in [3.63, 3.8) is 0 Å². The Labute approximate surface area is 123 Å². The molecule has 2 rings (SSSR count). The highest BCUT2D eigenvalue weighted by Crippen LogP contribution is 2.27. The second-order valence-corrected chi connectivity index (χ2v) is 4.63. The molecule has 0 atom stereocenters. The third kappa shape index (κ3) is 2.89. The van der Waals surface area contributed by atoms with E-state index < -0.39 is 5.91 Å². The van der Waals surface area contributed by atoms with Crippen molar-refractivity contribution >= 4 is 52.2 Å². The van der Waals surface area contributed by atoms with Crippen LogP contribution in [0.5, 0.6) is 0 Å². The Morgan fingerprint density at radius 2 is 1.95 bits per heavy atom. The van der Waals surface area contributed by atoms with Crippen LogP contribution in [0, 0.1) is 0 Å². The van der Waals surface area contributed by atoms with Gasteiger partial charge in [0.25, 0.3) is 5.91 Å². The lowest BCUT2D eigenvalue weighted by atomic mass is 10.1. The summed E-state index contributed by atoms with van der Waals surface area (Å²) in [6.07, 6.45) is 1.19. The first-order valence-corrected chi connectivity index (χ1v) is 6.15. The molecule has 3 N–H and O–H groups in total. The highest BCUT2D eigenvalue weighted by Gasteiger charge is 2.15. The van der Waals surface area contributed by atoms with Crippen LogP contribution in [0.15, 0.2) is 24.5 Å². The number of nitrogen functional groups attached to an aromatic ring is 1. The van der Waals surface area contributed by atoms with Gasteiger partial charge in [-0.3, -0.25) is 4.79 Å². The summed E-state index contributed by atoms with van der Waals surface area (Å²) in [6, 6.07) is 4.73. The van der Waals surface area contributed by atoms with E-state index in [9.17, 15) is 4.79 Å². The van der Waals surface area contributed by atoms with Gasteiger partial charge < -0.3 is 11.1 Å². The number of carbonyl (C=O) groups is 1. The van der Waals surface area contributed by atoms with Crippen molar-refractivity contribution in [2.75, 3.05) is 11.1 Å². The van der Waals surface area contributed by atoms with E-state index in [1.807, 2.05) is 0 Å². The molecule has 0 fully saturated rings. The summed E-state index contributed by atoms with van der Waals surface area (Å²) >= 11 is 17.4. The molecule has 0 bridgehead atoms. The summed E-state index contributed by atoms with van der Waals surface area (Å²) in [7, 11) is 0. The molecular formula is C11H7Cl3N4O. The number of para-hydroxylation sites is 1. The molecule has 8 heteroatoms. The topological polar surface area (TPSA) is 80.9 Å². The lowest BCUT2D eigenvalue weighted by Crippen LogP contribution is -2.15. The van der Waals surface area contributed by atoms with Crippen LogP contribution in [0.2, 0.25) is 15.2 Å². The molecule has 19 heavy (non-hydrogen) atoms. The van der Waals surface area contributed by atoms with Gasteiger partial charge in [0, 0.05) is 0 Å². The maximum atomic E-state index is 12.0. The van der Waals surface area contributed by atoms with E-state index in [4.69, 9.17) is 40.5 Å². The van der Waals surface area contributed by atoms with Gasteiger partial charge in [0.2, 0.25) is 0 Å². The van der Waals surface area contributed by atoms with Crippen LogP contribution in [-0.2, 0) is 0 Å². The second kappa shape index (κ2) is 5.61. The number of anilines is 2. The first-order chi connectivity index (χ1) is 9.00. The summed E-state index contributed by atoms with van der Waals surface area (Å²) < 4.78 is 0. The zero-order valence-electron chi connectivity index (χ0n) is 9.32. The molecule has 0 saturated heterocycles. The Hall–Kier alpha value is -1.56. The number of hydrogen-bond donors (Lipinski definition) is 2. The third-order valence-electron chi connectivity index (χ3n) is 2.28. The number of nitrogens with two attached hydrogens (primary N) is 1. The SMILES string of the molecule is Nc1c(Cl)cccc1C(=O)Nc1ncnc(Cl)c1Cl. The molecule has 0 radical (unpaired) electrons. The number of nitrogens with zero attached hydrogens (tertiary/aromatic N) is 2. The summed E-state index contributed by atoms with van der Waals surface area (Å²) in [5, 5.41) is 2.88. The summed E-state index contributed by atoms with van der Waals surface area (Å²) in [4.78, 5) is 19.5. The number of halogens is 3. The molecule has 0 aliphatic rings. The minimum atomic E-state index is -0.489. The van der Waals surface area contributed by atoms with E-state index in [1.165, 1.54) is 12.4 Å². The maximum Gasteiger partial charge on any atom is 0.259 e. The fraction of sp³-hybridized carbons (Fsp3) is 0. The van der Waals surface area contributed by atoms with Gasteiger partial charge in [-0.25, -0.2) is 9.97 Å². The van der Waals surface area contributed by atoms with Crippen LogP contribution in [0.3, 0.4) is 0 Å². The number of aromatic nitrogens is 2. The van der Waals surface area contributed by atoms with Gasteiger partial charge in [0.1, 0.15) is 11.3 Å². The Bertz CT molecular complexity index is 648. The predicted molar refractivity (Wildman–Crippen MR) is 75.9 cm³/mol. The van der Waals surface area contributed by atoms with Crippen LogP contribution in [0.1, 0.15) is 10.4 Å². The Morgan fingerprint density at radius 1 is 1.21 bits per heavy atom. The van der Waals surface area contributed by atoms with Gasteiger partial charge in [-0.1, -0.05) is 40.9 Å². The molecule has 0 aliphatic carbocycles. The molecule has 1 amide bonds. The van der Waals surface area contributed by atoms with Gasteiger partial charge in [-0.05, 0) is 12.1 Å². The summed E-state index contributed by atoms with van der Waals surface area (Å²) in [6.45, 7) is 0. The average Bonchev–Trinajstić information content (AvgIpc) is 2.38. The largest absolute Gasteiger partial charge is 0.397 e. The van der Waals surface area contributed by atoms with Crippen LogP contribution < -0.4 is 11.1 Å². The molecule has 2 aromatic rings. The number of rotatable bonds is 2. The van der Waals surface area contributed by atoms with Crippen molar-refractivity contribution in [1.29, 1.82) is 0 Å². The quantitative estimate of drug-likeness (QED) is 0.658. The molecule has 0 unspecified atom stereocenters. The third-order valence-corrected chi connectivity index (χ3v) is 3.35. The molecular weight excluding hydrogens is 311 g/mol. The zero-order chi connectivity index (χ0) is 14.0. The lowest BCUT2D eigenvalue weighted by molar-refractivity contribution is 0.102. The fourth-order valence-corrected chi connectivity index (χ4v) is 1.80. The van der Waals surface area contributed by atoms with Crippen molar-refractivity contribution in [3.05, 3.63) is 45.3 Å². The smallest absolute Gasteiger partial charge is 0.259 e. The number of nitrogens with one attached hydrogen (secondary N) is 1. The molecule has 5 nitrogen and oxygen atoms in total. The molecule has 1 aromatic carbocycles. The van der Waals surface area contributed by atoms with Gasteiger partial charge in [-0.15, -0.1) is 0 Å². The highest BCUT2D eigenvalue weighted by molar-refractivity contribution is 6.43. The van der Waals surface area contributed by atoms with Crippen molar-refractivity contribution in [1.82, 2.24) is 9.97 Å². The average molecular weight is 318 g/mol. The normalized spacial score (nSPS) is 10.3. The minimum Gasteiger partial charge on any atom is -0.397 e. The fourth-order valence-electron chi connectivity index (χ4n) is 1.35. The van der Waals surface area contributed by atoms with Crippen LogP contribution in [-0.4, -0.2) is 15.9 Å². The van der Waals surface area contributed by atoms with E-state index in [1.54, 1.807) is 12.1 Å². The molecule has 0 aliphatic heterocycles. The zero-order valence-corrected chi connectivity index (χ0v) is 11.6. The molecule has 98 valence electrons. The monoisotopic (exact) mass is 316 g/mol. The number of amides is 1. The van der Waals surface area contributed by atoms with Gasteiger partial charge in [0.15, 0.2) is 11.0 Å². The number of carbonyl (C=O) groups excluding carboxylic acids is 1. The van der Waals surface area contributed by atoms with E-state index in [0.717, 1.165) is 0 Å². The van der Waals surface area contributed by atoms with Gasteiger partial charge in [0.05, 0.1) is 16.3 Å². The first-order valence-electron chi connectivity index (χ1n) is 5.02. The predicted octanol–water partition coefficient (Wildman–Crippen LogP) is 3.27. The van der Waals surface area contributed by atoms with Crippen molar-refractivity contribution in [2.45, 2.75) is 0 Å².